The number of fused-ring (bicyclic) bond motifs is 1. The predicted octanol–water partition coefficient (Wildman–Crippen LogP) is 2.04. The minimum Gasteiger partial charge on any atom is -0.387 e. The van der Waals surface area contributed by atoms with Crippen LogP contribution in [0.3, 0.4) is 0 Å². The van der Waals surface area contributed by atoms with Crippen LogP contribution in [0.15, 0.2) is 18.2 Å². The van der Waals surface area contributed by atoms with E-state index in [1.54, 1.807) is 0 Å². The second-order valence-electron chi connectivity index (χ2n) is 4.17. The van der Waals surface area contributed by atoms with Gasteiger partial charge in [-0.25, -0.2) is 0 Å². The van der Waals surface area contributed by atoms with Crippen molar-refractivity contribution < 1.29 is 0 Å². The Balaban J connectivity index is 2.29. The maximum atomic E-state index is 7.46. The van der Waals surface area contributed by atoms with Gasteiger partial charge in [0, 0.05) is 5.92 Å². The Bertz CT molecular complexity index is 369. The smallest absolute Gasteiger partial charge is 0.0940 e. The predicted molar refractivity (Wildman–Crippen MR) is 58.6 cm³/mol. The van der Waals surface area contributed by atoms with Crippen LogP contribution in [0, 0.1) is 18.3 Å². The van der Waals surface area contributed by atoms with E-state index in [1.165, 1.54) is 16.7 Å². The van der Waals surface area contributed by atoms with Crippen LogP contribution in [-0.2, 0) is 12.8 Å². The highest BCUT2D eigenvalue weighted by atomic mass is 14.7. The van der Waals surface area contributed by atoms with Gasteiger partial charge >= 0.3 is 0 Å². The van der Waals surface area contributed by atoms with E-state index in [9.17, 15) is 0 Å². The molecule has 1 unspecified atom stereocenters. The van der Waals surface area contributed by atoms with E-state index < -0.39 is 0 Å². The van der Waals surface area contributed by atoms with E-state index in [0.29, 0.717) is 5.84 Å². The lowest BCUT2D eigenvalue weighted by Crippen LogP contribution is -2.28. The van der Waals surface area contributed by atoms with Crippen LogP contribution < -0.4 is 5.73 Å². The molecular weight excluding hydrogens is 172 g/mol. The Morgan fingerprint density at radius 3 is 2.93 bits per heavy atom. The highest BCUT2D eigenvalue weighted by Gasteiger charge is 2.20. The lowest BCUT2D eigenvalue weighted by molar-refractivity contribution is 0.577. The van der Waals surface area contributed by atoms with Gasteiger partial charge in [-0.05, 0) is 37.3 Å². The SMILES string of the molecule is Cc1ccc2c(c1)CC(C(=N)N)CC2. The number of amidine groups is 1. The fraction of sp³-hybridized carbons (Fsp3) is 0.417. The summed E-state index contributed by atoms with van der Waals surface area (Å²) in [6, 6.07) is 6.60. The van der Waals surface area contributed by atoms with E-state index in [0.717, 1.165) is 19.3 Å². The maximum Gasteiger partial charge on any atom is 0.0940 e. The van der Waals surface area contributed by atoms with Crippen LogP contribution in [-0.4, -0.2) is 5.84 Å². The molecule has 1 aromatic rings. The van der Waals surface area contributed by atoms with Crippen LogP contribution in [0.1, 0.15) is 23.1 Å². The second kappa shape index (κ2) is 3.45. The normalized spacial score (nSPS) is 20.2. The number of hydrogen-bond acceptors (Lipinski definition) is 1. The Kier molecular flexibility index (Phi) is 2.28. The van der Waals surface area contributed by atoms with Gasteiger partial charge in [0.25, 0.3) is 0 Å². The number of nitrogens with two attached hydrogens (primary N) is 1. The third-order valence-corrected chi connectivity index (χ3v) is 3.03. The first-order valence-corrected chi connectivity index (χ1v) is 5.09. The summed E-state index contributed by atoms with van der Waals surface area (Å²) in [7, 11) is 0. The molecular formula is C12H16N2. The van der Waals surface area contributed by atoms with Crippen molar-refractivity contribution in [3.8, 4) is 0 Å². The average Bonchev–Trinajstić information content (AvgIpc) is 2.16. The van der Waals surface area contributed by atoms with E-state index >= 15 is 0 Å². The summed E-state index contributed by atoms with van der Waals surface area (Å²) in [5.41, 5.74) is 9.67. The van der Waals surface area contributed by atoms with Crippen LogP contribution in [0.5, 0.6) is 0 Å². The summed E-state index contributed by atoms with van der Waals surface area (Å²) in [6.45, 7) is 2.11. The summed E-state index contributed by atoms with van der Waals surface area (Å²) in [4.78, 5) is 0. The molecule has 0 fully saturated rings. The molecule has 0 bridgehead atoms. The van der Waals surface area contributed by atoms with Gasteiger partial charge in [0.05, 0.1) is 5.84 Å². The van der Waals surface area contributed by atoms with Crippen molar-refractivity contribution in [3.05, 3.63) is 34.9 Å². The number of aryl methyl sites for hydroxylation is 2. The van der Waals surface area contributed by atoms with E-state index in [2.05, 4.69) is 25.1 Å². The molecule has 1 aliphatic rings. The monoisotopic (exact) mass is 188 g/mol. The molecule has 14 heavy (non-hydrogen) atoms. The molecule has 3 N–H and O–H groups in total. The number of rotatable bonds is 1. The lowest BCUT2D eigenvalue weighted by Gasteiger charge is -2.23. The molecule has 0 amide bonds. The maximum absolute atomic E-state index is 7.46. The van der Waals surface area contributed by atoms with Crippen LogP contribution in [0.4, 0.5) is 0 Å². The first-order valence-electron chi connectivity index (χ1n) is 5.09. The zero-order chi connectivity index (χ0) is 10.1. The highest BCUT2D eigenvalue weighted by molar-refractivity contribution is 5.80. The molecule has 0 saturated heterocycles. The fourth-order valence-electron chi connectivity index (χ4n) is 2.15. The standard InChI is InChI=1S/C12H16N2/c1-8-2-3-9-4-5-10(12(13)14)7-11(9)6-8/h2-3,6,10H,4-5,7H2,1H3,(H3,13,14). The molecule has 0 aromatic heterocycles. The fourth-order valence-corrected chi connectivity index (χ4v) is 2.15. The van der Waals surface area contributed by atoms with Crippen molar-refractivity contribution in [2.24, 2.45) is 11.7 Å². The summed E-state index contributed by atoms with van der Waals surface area (Å²) in [5.74, 6) is 0.612. The largest absolute Gasteiger partial charge is 0.387 e. The zero-order valence-electron chi connectivity index (χ0n) is 8.51. The first kappa shape index (κ1) is 9.25. The topological polar surface area (TPSA) is 49.9 Å². The lowest BCUT2D eigenvalue weighted by atomic mass is 9.83. The quantitative estimate of drug-likeness (QED) is 0.514. The van der Waals surface area contributed by atoms with Crippen molar-refractivity contribution in [1.82, 2.24) is 0 Å². The Labute approximate surface area is 84.6 Å². The number of benzene rings is 1. The molecule has 2 rings (SSSR count). The van der Waals surface area contributed by atoms with Crippen LogP contribution in [0.2, 0.25) is 0 Å². The Hall–Kier alpha value is -1.31. The molecule has 2 nitrogen and oxygen atoms in total. The van der Waals surface area contributed by atoms with Crippen molar-refractivity contribution in [3.63, 3.8) is 0 Å². The third kappa shape index (κ3) is 1.65. The summed E-state index contributed by atoms with van der Waals surface area (Å²) in [6.07, 6.45) is 3.05. The summed E-state index contributed by atoms with van der Waals surface area (Å²) in [5, 5.41) is 7.46. The minimum absolute atomic E-state index is 0.268. The molecule has 1 aromatic carbocycles. The van der Waals surface area contributed by atoms with Gasteiger partial charge in [-0.15, -0.1) is 0 Å². The van der Waals surface area contributed by atoms with E-state index in [4.69, 9.17) is 11.1 Å². The van der Waals surface area contributed by atoms with Crippen molar-refractivity contribution in [1.29, 1.82) is 5.41 Å². The summed E-state index contributed by atoms with van der Waals surface area (Å²) < 4.78 is 0. The number of hydrogen-bond donors (Lipinski definition) is 2. The van der Waals surface area contributed by atoms with Crippen molar-refractivity contribution in [2.45, 2.75) is 26.2 Å². The van der Waals surface area contributed by atoms with E-state index in [1.807, 2.05) is 0 Å². The second-order valence-corrected chi connectivity index (χ2v) is 4.17. The van der Waals surface area contributed by atoms with Gasteiger partial charge in [-0.3, -0.25) is 5.41 Å². The minimum atomic E-state index is 0.268. The molecule has 0 saturated carbocycles. The van der Waals surface area contributed by atoms with Gasteiger partial charge in [0.2, 0.25) is 0 Å². The molecule has 74 valence electrons. The molecule has 0 aliphatic heterocycles. The molecule has 0 heterocycles. The molecule has 1 atom stereocenters. The van der Waals surface area contributed by atoms with Gasteiger partial charge in [-0.1, -0.05) is 23.8 Å². The molecule has 1 aliphatic carbocycles. The third-order valence-electron chi connectivity index (χ3n) is 3.03. The zero-order valence-corrected chi connectivity index (χ0v) is 8.51. The van der Waals surface area contributed by atoms with Gasteiger partial charge in [-0.2, -0.15) is 0 Å². The first-order chi connectivity index (χ1) is 6.66. The van der Waals surface area contributed by atoms with Gasteiger partial charge in [0.15, 0.2) is 0 Å². The average molecular weight is 188 g/mol. The Morgan fingerprint density at radius 2 is 2.21 bits per heavy atom. The van der Waals surface area contributed by atoms with Crippen molar-refractivity contribution >= 4 is 5.84 Å². The highest BCUT2D eigenvalue weighted by Crippen LogP contribution is 2.26. The van der Waals surface area contributed by atoms with Crippen LogP contribution in [0.25, 0.3) is 0 Å². The number of nitrogens with one attached hydrogen (secondary N) is 1. The van der Waals surface area contributed by atoms with Crippen molar-refractivity contribution in [2.75, 3.05) is 0 Å². The van der Waals surface area contributed by atoms with E-state index in [-0.39, 0.29) is 5.92 Å². The van der Waals surface area contributed by atoms with Gasteiger partial charge in [0.1, 0.15) is 0 Å². The molecule has 2 heteroatoms. The Morgan fingerprint density at radius 1 is 1.43 bits per heavy atom. The summed E-state index contributed by atoms with van der Waals surface area (Å²) >= 11 is 0. The molecule has 0 spiro atoms. The van der Waals surface area contributed by atoms with Gasteiger partial charge < -0.3 is 5.73 Å². The molecule has 0 radical (unpaired) electrons. The van der Waals surface area contributed by atoms with Crippen LogP contribution >= 0.6 is 0 Å².